The summed E-state index contributed by atoms with van der Waals surface area (Å²) in [6, 6.07) is 0. The van der Waals surface area contributed by atoms with E-state index in [4.69, 9.17) is 5.11 Å². The molecule has 2 heteroatoms. The van der Waals surface area contributed by atoms with Gasteiger partial charge in [-0.2, -0.15) is 0 Å². The fourth-order valence-corrected chi connectivity index (χ4v) is 0.326. The van der Waals surface area contributed by atoms with E-state index in [9.17, 15) is 0 Å². The highest BCUT2D eigenvalue weighted by molar-refractivity contribution is 5.98. The van der Waals surface area contributed by atoms with Crippen LogP contribution >= 0.6 is 0 Å². The molecule has 0 aromatic carbocycles. The third kappa shape index (κ3) is 3.38. The molecule has 0 aromatic heterocycles. The second-order valence-corrected chi connectivity index (χ2v) is 1.26. The number of aliphatic imine (C=N–C) groups is 1. The molecule has 0 amide bonds. The first-order valence-corrected chi connectivity index (χ1v) is 2.36. The van der Waals surface area contributed by atoms with Gasteiger partial charge in [0, 0.05) is 0 Å². The van der Waals surface area contributed by atoms with E-state index in [-0.39, 0.29) is 6.73 Å². The van der Waals surface area contributed by atoms with Crippen molar-refractivity contribution in [1.82, 2.24) is 0 Å². The molecule has 0 rings (SSSR count). The van der Waals surface area contributed by atoms with Crippen molar-refractivity contribution in [3.05, 3.63) is 0 Å². The third-order valence-electron chi connectivity index (χ3n) is 0.614. The average molecular weight is 111 g/mol. The highest BCUT2D eigenvalue weighted by atomic mass is 16.3. The summed E-state index contributed by atoms with van der Waals surface area (Å²) < 4.78 is 0. The first kappa shape index (κ1) is 7.19. The molecular formula is C6H9NO. The van der Waals surface area contributed by atoms with Gasteiger partial charge in [0.05, 0.1) is 5.71 Å². The Balaban J connectivity index is 3.74. The van der Waals surface area contributed by atoms with Crippen LogP contribution in [-0.2, 0) is 0 Å². The molecule has 0 unspecified atom stereocenters. The molecule has 0 atom stereocenters. The molecule has 2 nitrogen and oxygen atoms in total. The topological polar surface area (TPSA) is 32.6 Å². The molecule has 0 radical (unpaired) electrons. The number of hydrogen-bond acceptors (Lipinski definition) is 2. The molecule has 0 bridgehead atoms. The lowest BCUT2D eigenvalue weighted by molar-refractivity contribution is 0.309. The third-order valence-corrected chi connectivity index (χ3v) is 0.614. The van der Waals surface area contributed by atoms with E-state index in [2.05, 4.69) is 16.8 Å². The van der Waals surface area contributed by atoms with Gasteiger partial charge in [-0.25, -0.2) is 0 Å². The summed E-state index contributed by atoms with van der Waals surface area (Å²) in [5.41, 5.74) is 0.676. The van der Waals surface area contributed by atoms with Crippen molar-refractivity contribution in [2.45, 2.75) is 13.8 Å². The van der Waals surface area contributed by atoms with Gasteiger partial charge in [-0.1, -0.05) is 5.92 Å². The van der Waals surface area contributed by atoms with Crippen LogP contribution in [0.15, 0.2) is 4.99 Å². The predicted octanol–water partition coefficient (Wildman–Crippen LogP) is 0.420. The van der Waals surface area contributed by atoms with Crippen LogP contribution in [0.25, 0.3) is 0 Å². The molecule has 0 aromatic rings. The Morgan fingerprint density at radius 2 is 2.38 bits per heavy atom. The Bertz CT molecular complexity index is 138. The van der Waals surface area contributed by atoms with Gasteiger partial charge in [-0.05, 0) is 13.8 Å². The lowest BCUT2D eigenvalue weighted by atomic mass is 10.4. The van der Waals surface area contributed by atoms with Crippen LogP contribution in [0, 0.1) is 11.8 Å². The summed E-state index contributed by atoms with van der Waals surface area (Å²) in [5.74, 6) is 5.35. The summed E-state index contributed by atoms with van der Waals surface area (Å²) in [7, 11) is 0. The van der Waals surface area contributed by atoms with Crippen LogP contribution in [0.4, 0.5) is 0 Å². The first-order valence-electron chi connectivity index (χ1n) is 2.36. The second kappa shape index (κ2) is 4.35. The van der Waals surface area contributed by atoms with E-state index < -0.39 is 0 Å². The zero-order valence-electron chi connectivity index (χ0n) is 5.10. The first-order chi connectivity index (χ1) is 3.81. The number of aliphatic hydroxyl groups excluding tert-OH is 1. The number of rotatable bonds is 1. The maximum Gasteiger partial charge on any atom is 0.135 e. The minimum atomic E-state index is -0.166. The van der Waals surface area contributed by atoms with Gasteiger partial charge in [-0.15, -0.1) is 5.92 Å². The molecule has 0 heterocycles. The Morgan fingerprint density at radius 3 is 2.75 bits per heavy atom. The van der Waals surface area contributed by atoms with E-state index >= 15 is 0 Å². The Morgan fingerprint density at radius 1 is 1.75 bits per heavy atom. The summed E-state index contributed by atoms with van der Waals surface area (Å²) in [6.07, 6.45) is 0. The van der Waals surface area contributed by atoms with Crippen molar-refractivity contribution in [1.29, 1.82) is 0 Å². The van der Waals surface area contributed by atoms with Gasteiger partial charge in [0.1, 0.15) is 6.73 Å². The second-order valence-electron chi connectivity index (χ2n) is 1.26. The van der Waals surface area contributed by atoms with E-state index in [1.54, 1.807) is 13.8 Å². The van der Waals surface area contributed by atoms with Crippen molar-refractivity contribution in [3.8, 4) is 11.8 Å². The monoisotopic (exact) mass is 111 g/mol. The SMILES string of the molecule is CC#C/C(C)=N/CO. The van der Waals surface area contributed by atoms with E-state index in [1.807, 2.05) is 0 Å². The predicted molar refractivity (Wildman–Crippen MR) is 33.6 cm³/mol. The van der Waals surface area contributed by atoms with Gasteiger partial charge >= 0.3 is 0 Å². The fraction of sp³-hybridized carbons (Fsp3) is 0.500. The molecule has 1 N–H and O–H groups in total. The molecule has 0 saturated carbocycles. The normalized spacial score (nSPS) is 10.1. The molecule has 0 aliphatic rings. The minimum absolute atomic E-state index is 0.166. The molecule has 8 heavy (non-hydrogen) atoms. The summed E-state index contributed by atoms with van der Waals surface area (Å²) in [4.78, 5) is 3.61. The van der Waals surface area contributed by atoms with Crippen LogP contribution in [0.1, 0.15) is 13.8 Å². The van der Waals surface area contributed by atoms with Gasteiger partial charge in [0.25, 0.3) is 0 Å². The zero-order chi connectivity index (χ0) is 6.41. The Kier molecular flexibility index (Phi) is 3.91. The van der Waals surface area contributed by atoms with E-state index in [0.29, 0.717) is 5.71 Å². The Labute approximate surface area is 49.3 Å². The van der Waals surface area contributed by atoms with Gasteiger partial charge in [0.15, 0.2) is 0 Å². The summed E-state index contributed by atoms with van der Waals surface area (Å²) in [6.45, 7) is 3.32. The van der Waals surface area contributed by atoms with Crippen LogP contribution in [-0.4, -0.2) is 17.5 Å². The largest absolute Gasteiger partial charge is 0.375 e. The van der Waals surface area contributed by atoms with Crippen LogP contribution in [0.2, 0.25) is 0 Å². The van der Waals surface area contributed by atoms with E-state index in [0.717, 1.165) is 0 Å². The lowest BCUT2D eigenvalue weighted by Gasteiger charge is -1.81. The highest BCUT2D eigenvalue weighted by Crippen LogP contribution is 1.71. The van der Waals surface area contributed by atoms with Crippen LogP contribution in [0.5, 0.6) is 0 Å². The molecule has 0 spiro atoms. The van der Waals surface area contributed by atoms with Gasteiger partial charge in [-0.3, -0.25) is 4.99 Å². The molecule has 0 aliphatic heterocycles. The minimum Gasteiger partial charge on any atom is -0.375 e. The van der Waals surface area contributed by atoms with Crippen molar-refractivity contribution in [2.75, 3.05) is 6.73 Å². The molecule has 44 valence electrons. The van der Waals surface area contributed by atoms with Crippen molar-refractivity contribution in [2.24, 2.45) is 4.99 Å². The van der Waals surface area contributed by atoms with Crippen molar-refractivity contribution < 1.29 is 5.11 Å². The van der Waals surface area contributed by atoms with Gasteiger partial charge < -0.3 is 5.11 Å². The number of aliphatic hydroxyl groups is 1. The zero-order valence-corrected chi connectivity index (χ0v) is 5.10. The van der Waals surface area contributed by atoms with Crippen molar-refractivity contribution >= 4 is 5.71 Å². The summed E-state index contributed by atoms with van der Waals surface area (Å²) >= 11 is 0. The average Bonchev–Trinajstić information content (AvgIpc) is 1.68. The maximum atomic E-state index is 8.21. The lowest BCUT2D eigenvalue weighted by Crippen LogP contribution is -1.86. The van der Waals surface area contributed by atoms with Crippen LogP contribution < -0.4 is 0 Å². The number of hydrogen-bond donors (Lipinski definition) is 1. The van der Waals surface area contributed by atoms with Crippen LogP contribution in [0.3, 0.4) is 0 Å². The molecular weight excluding hydrogens is 102 g/mol. The summed E-state index contributed by atoms with van der Waals surface area (Å²) in [5, 5.41) is 8.21. The van der Waals surface area contributed by atoms with E-state index in [1.165, 1.54) is 0 Å². The van der Waals surface area contributed by atoms with Crippen molar-refractivity contribution in [3.63, 3.8) is 0 Å². The quantitative estimate of drug-likeness (QED) is 0.386. The smallest absolute Gasteiger partial charge is 0.135 e. The fourth-order valence-electron chi connectivity index (χ4n) is 0.326. The highest BCUT2D eigenvalue weighted by Gasteiger charge is 1.75. The standard InChI is InChI=1S/C6H9NO/c1-3-4-6(2)7-5-8/h8H,5H2,1-2H3/b7-6+. The maximum absolute atomic E-state index is 8.21. The molecule has 0 saturated heterocycles. The number of nitrogens with zero attached hydrogens (tertiary/aromatic N) is 1. The molecule has 0 fully saturated rings. The Hall–Kier alpha value is -0.810. The van der Waals surface area contributed by atoms with Gasteiger partial charge in [0.2, 0.25) is 0 Å². The molecule has 0 aliphatic carbocycles.